The van der Waals surface area contributed by atoms with E-state index in [0.29, 0.717) is 25.2 Å². The summed E-state index contributed by atoms with van der Waals surface area (Å²) in [6.45, 7) is 6.65. The summed E-state index contributed by atoms with van der Waals surface area (Å²) in [5.74, 6) is 0.561. The lowest BCUT2D eigenvalue weighted by atomic mass is 10.1. The number of benzene rings is 1. The van der Waals surface area contributed by atoms with Gasteiger partial charge < -0.3 is 15.5 Å². The summed E-state index contributed by atoms with van der Waals surface area (Å²) in [6, 6.07) is 5.19. The number of rotatable bonds is 8. The van der Waals surface area contributed by atoms with Gasteiger partial charge in [0.25, 0.3) is 0 Å². The zero-order chi connectivity index (χ0) is 18.9. The van der Waals surface area contributed by atoms with E-state index >= 15 is 0 Å². The number of thiazole rings is 1. The van der Waals surface area contributed by atoms with Gasteiger partial charge in [0.05, 0.1) is 13.1 Å². The lowest BCUT2D eigenvalue weighted by Crippen LogP contribution is -2.36. The minimum atomic E-state index is -0.174. The van der Waals surface area contributed by atoms with Gasteiger partial charge in [-0.25, -0.2) is 14.4 Å². The van der Waals surface area contributed by atoms with E-state index in [1.807, 2.05) is 38.2 Å². The first-order valence-corrected chi connectivity index (χ1v) is 9.71. The van der Waals surface area contributed by atoms with Crippen molar-refractivity contribution in [3.05, 3.63) is 51.2 Å². The number of halogens is 2. The number of aryl methyl sites for hydroxylation is 1. The molecule has 0 aliphatic heterocycles. The van der Waals surface area contributed by atoms with Crippen LogP contribution in [0, 0.1) is 5.82 Å². The number of nitrogens with one attached hydrogen (secondary N) is 2. The Hall–Kier alpha value is -1.26. The second-order valence-electron chi connectivity index (χ2n) is 6.29. The molecule has 0 saturated carbocycles. The van der Waals surface area contributed by atoms with Gasteiger partial charge in [0.15, 0.2) is 5.96 Å². The molecule has 5 nitrogen and oxygen atoms in total. The first kappa shape index (κ1) is 23.8. The van der Waals surface area contributed by atoms with Crippen LogP contribution in [-0.2, 0) is 26.1 Å². The van der Waals surface area contributed by atoms with Crippen molar-refractivity contribution in [2.24, 2.45) is 4.99 Å². The highest BCUT2D eigenvalue weighted by atomic mass is 127. The number of aliphatic imine (C=N–C) groups is 1. The molecule has 0 unspecified atom stereocenters. The molecule has 2 N–H and O–H groups in total. The largest absolute Gasteiger partial charge is 0.357 e. The average molecular weight is 505 g/mol. The van der Waals surface area contributed by atoms with Crippen LogP contribution in [0.3, 0.4) is 0 Å². The summed E-state index contributed by atoms with van der Waals surface area (Å²) in [7, 11) is 3.86. The van der Waals surface area contributed by atoms with Gasteiger partial charge in [-0.05, 0) is 45.1 Å². The van der Waals surface area contributed by atoms with Crippen molar-refractivity contribution < 1.29 is 4.39 Å². The third kappa shape index (κ3) is 8.10. The second-order valence-corrected chi connectivity index (χ2v) is 7.49. The molecule has 8 heteroatoms. The summed E-state index contributed by atoms with van der Waals surface area (Å²) in [5, 5.41) is 7.59. The van der Waals surface area contributed by atoms with E-state index in [-0.39, 0.29) is 29.8 Å². The number of guanidine groups is 1. The predicted octanol–water partition coefficient (Wildman–Crippen LogP) is 3.78. The fourth-order valence-electron chi connectivity index (χ4n) is 2.45. The standard InChI is InChI=1S/C19H28FN5S.HI/c1-5-16-11-22-18(26-16)12-24-19(21-6-2)23-10-14-7-8-17(20)15(9-14)13-25(3)4;/h7-9,11H,5-6,10,12-13H2,1-4H3,(H2,21,23,24);1H. The van der Waals surface area contributed by atoms with Gasteiger partial charge in [-0.3, -0.25) is 0 Å². The first-order valence-electron chi connectivity index (χ1n) is 8.89. The molecule has 2 rings (SSSR count). The molecule has 1 aromatic heterocycles. The number of nitrogens with zero attached hydrogens (tertiary/aromatic N) is 3. The smallest absolute Gasteiger partial charge is 0.191 e. The van der Waals surface area contributed by atoms with Gasteiger partial charge in [-0.15, -0.1) is 35.3 Å². The van der Waals surface area contributed by atoms with E-state index in [4.69, 9.17) is 0 Å². The molecule has 150 valence electrons. The van der Waals surface area contributed by atoms with Gasteiger partial charge >= 0.3 is 0 Å². The van der Waals surface area contributed by atoms with Crippen LogP contribution >= 0.6 is 35.3 Å². The highest BCUT2D eigenvalue weighted by Crippen LogP contribution is 2.14. The van der Waals surface area contributed by atoms with Crippen LogP contribution in [0.25, 0.3) is 0 Å². The molecule has 0 fully saturated rings. The van der Waals surface area contributed by atoms with Crippen molar-refractivity contribution in [1.29, 1.82) is 0 Å². The summed E-state index contributed by atoms with van der Waals surface area (Å²) in [6.07, 6.45) is 2.93. The second kappa shape index (κ2) is 12.2. The zero-order valence-corrected chi connectivity index (χ0v) is 19.5. The summed E-state index contributed by atoms with van der Waals surface area (Å²) >= 11 is 1.71. The summed E-state index contributed by atoms with van der Waals surface area (Å²) in [4.78, 5) is 12.3. The van der Waals surface area contributed by atoms with Crippen LogP contribution in [0.15, 0.2) is 29.4 Å². The molecule has 2 aromatic rings. The van der Waals surface area contributed by atoms with Gasteiger partial charge in [0, 0.05) is 29.7 Å². The van der Waals surface area contributed by atoms with E-state index in [1.54, 1.807) is 17.4 Å². The van der Waals surface area contributed by atoms with Crippen LogP contribution in [0.2, 0.25) is 0 Å². The van der Waals surface area contributed by atoms with Crippen LogP contribution in [0.4, 0.5) is 4.39 Å². The topological polar surface area (TPSA) is 52.6 Å². The summed E-state index contributed by atoms with van der Waals surface area (Å²) < 4.78 is 13.9. The molecule has 1 heterocycles. The Morgan fingerprint density at radius 2 is 2.04 bits per heavy atom. The monoisotopic (exact) mass is 505 g/mol. The highest BCUT2D eigenvalue weighted by Gasteiger charge is 2.06. The Kier molecular flexibility index (Phi) is 10.8. The van der Waals surface area contributed by atoms with E-state index < -0.39 is 0 Å². The van der Waals surface area contributed by atoms with Crippen molar-refractivity contribution in [1.82, 2.24) is 20.5 Å². The molecule has 0 bridgehead atoms. The Labute approximate surface area is 182 Å². The molecule has 0 spiro atoms. The van der Waals surface area contributed by atoms with Crippen LogP contribution in [0.1, 0.15) is 34.9 Å². The SMILES string of the molecule is CCNC(=NCc1ccc(F)c(CN(C)C)c1)NCc1ncc(CC)s1.I. The highest BCUT2D eigenvalue weighted by molar-refractivity contribution is 14.0. The predicted molar refractivity (Wildman–Crippen MR) is 122 cm³/mol. The van der Waals surface area contributed by atoms with Crippen molar-refractivity contribution in [3.63, 3.8) is 0 Å². The Morgan fingerprint density at radius 1 is 1.26 bits per heavy atom. The molecule has 0 atom stereocenters. The Morgan fingerprint density at radius 3 is 2.67 bits per heavy atom. The number of hydrogen-bond donors (Lipinski definition) is 2. The van der Waals surface area contributed by atoms with Crippen LogP contribution < -0.4 is 10.6 Å². The lowest BCUT2D eigenvalue weighted by Gasteiger charge is -2.12. The molecule has 0 aliphatic carbocycles. The Balaban J connectivity index is 0.00000364. The van der Waals surface area contributed by atoms with E-state index in [1.165, 1.54) is 10.9 Å². The normalized spacial score (nSPS) is 11.4. The van der Waals surface area contributed by atoms with Crippen molar-refractivity contribution in [3.8, 4) is 0 Å². The minimum absolute atomic E-state index is 0. The van der Waals surface area contributed by atoms with Gasteiger partial charge in [0.2, 0.25) is 0 Å². The zero-order valence-electron chi connectivity index (χ0n) is 16.4. The van der Waals surface area contributed by atoms with Gasteiger partial charge in [0.1, 0.15) is 10.8 Å². The first-order chi connectivity index (χ1) is 12.5. The maximum absolute atomic E-state index is 13.9. The molecule has 0 aliphatic rings. The Bertz CT molecular complexity index is 733. The van der Waals surface area contributed by atoms with E-state index in [0.717, 1.165) is 29.5 Å². The molecule has 1 aromatic carbocycles. The third-order valence-electron chi connectivity index (χ3n) is 3.72. The van der Waals surface area contributed by atoms with Gasteiger partial charge in [-0.2, -0.15) is 0 Å². The lowest BCUT2D eigenvalue weighted by molar-refractivity contribution is 0.392. The molecule has 0 saturated heterocycles. The number of aromatic nitrogens is 1. The molecule has 27 heavy (non-hydrogen) atoms. The van der Waals surface area contributed by atoms with Crippen molar-refractivity contribution in [2.75, 3.05) is 20.6 Å². The minimum Gasteiger partial charge on any atom is -0.357 e. The van der Waals surface area contributed by atoms with Crippen molar-refractivity contribution >= 4 is 41.3 Å². The molecular formula is C19H29FIN5S. The maximum atomic E-state index is 13.9. The van der Waals surface area contributed by atoms with Crippen LogP contribution in [0.5, 0.6) is 0 Å². The maximum Gasteiger partial charge on any atom is 0.191 e. The molecule has 0 amide bonds. The van der Waals surface area contributed by atoms with Crippen LogP contribution in [-0.4, -0.2) is 36.5 Å². The van der Waals surface area contributed by atoms with Crippen molar-refractivity contribution in [2.45, 2.75) is 39.9 Å². The quantitative estimate of drug-likeness (QED) is 0.326. The third-order valence-corrected chi connectivity index (χ3v) is 4.86. The summed E-state index contributed by atoms with van der Waals surface area (Å²) in [5.41, 5.74) is 1.68. The molecular weight excluding hydrogens is 476 g/mol. The number of hydrogen-bond acceptors (Lipinski definition) is 4. The average Bonchev–Trinajstić information content (AvgIpc) is 3.07. The van der Waals surface area contributed by atoms with Gasteiger partial charge in [-0.1, -0.05) is 13.0 Å². The molecule has 0 radical (unpaired) electrons. The fraction of sp³-hybridized carbons (Fsp3) is 0.474. The van der Waals surface area contributed by atoms with E-state index in [2.05, 4.69) is 27.5 Å². The van der Waals surface area contributed by atoms with E-state index in [9.17, 15) is 4.39 Å². The fourth-order valence-corrected chi connectivity index (χ4v) is 3.26.